The van der Waals surface area contributed by atoms with Crippen LogP contribution in [0.15, 0.2) is 0 Å². The van der Waals surface area contributed by atoms with Crippen molar-refractivity contribution < 1.29 is 19.0 Å². The Kier molecular flexibility index (Phi) is 2.12. The third-order valence-corrected chi connectivity index (χ3v) is 2.29. The molecular weight excluding hydrogens is 160 g/mol. The zero-order chi connectivity index (χ0) is 8.55. The lowest BCUT2D eigenvalue weighted by Gasteiger charge is -2.38. The normalized spacial score (nSPS) is 35.9. The second-order valence-corrected chi connectivity index (χ2v) is 3.16. The number of rotatable bonds is 3. The summed E-state index contributed by atoms with van der Waals surface area (Å²) < 4.78 is 15.4. The van der Waals surface area contributed by atoms with E-state index in [-0.39, 0.29) is 24.1 Å². The van der Waals surface area contributed by atoms with Crippen LogP contribution in [0.25, 0.3) is 0 Å². The molecule has 0 amide bonds. The molecule has 12 heavy (non-hydrogen) atoms. The minimum absolute atomic E-state index is 0.0311. The van der Waals surface area contributed by atoms with E-state index < -0.39 is 0 Å². The largest absolute Gasteiger partial charge is 0.376 e. The Bertz CT molecular complexity index is 187. The molecule has 0 aromatic carbocycles. The van der Waals surface area contributed by atoms with Gasteiger partial charge in [-0.15, -0.1) is 0 Å². The fraction of sp³-hybridized carbons (Fsp3) is 0.875. The molecule has 0 bridgehead atoms. The Labute approximate surface area is 70.8 Å². The van der Waals surface area contributed by atoms with Crippen molar-refractivity contribution in [1.82, 2.24) is 0 Å². The Morgan fingerprint density at radius 1 is 1.50 bits per heavy atom. The standard InChI is InChI=1S/C8H12O4/c1-10-8-6(9)2-7(8)12-5-3-11-4-5/h5,7-8H,2-4H2,1H3. The average molecular weight is 172 g/mol. The zero-order valence-electron chi connectivity index (χ0n) is 6.99. The predicted molar refractivity (Wildman–Crippen MR) is 39.9 cm³/mol. The Morgan fingerprint density at radius 2 is 2.25 bits per heavy atom. The Balaban J connectivity index is 1.77. The minimum Gasteiger partial charge on any atom is -0.376 e. The summed E-state index contributed by atoms with van der Waals surface area (Å²) >= 11 is 0. The summed E-state index contributed by atoms with van der Waals surface area (Å²) in [7, 11) is 1.54. The number of ether oxygens (including phenoxy) is 3. The van der Waals surface area contributed by atoms with E-state index in [1.807, 2.05) is 0 Å². The first kappa shape index (κ1) is 8.16. The van der Waals surface area contributed by atoms with Gasteiger partial charge in [0, 0.05) is 13.5 Å². The van der Waals surface area contributed by atoms with Crippen LogP contribution in [-0.2, 0) is 19.0 Å². The van der Waals surface area contributed by atoms with Gasteiger partial charge in [0.15, 0.2) is 5.78 Å². The van der Waals surface area contributed by atoms with Gasteiger partial charge in [-0.3, -0.25) is 4.79 Å². The maximum absolute atomic E-state index is 10.9. The number of carbonyl (C=O) groups is 1. The average Bonchev–Trinajstić information content (AvgIpc) is 1.94. The van der Waals surface area contributed by atoms with Gasteiger partial charge in [0.25, 0.3) is 0 Å². The number of ketones is 1. The van der Waals surface area contributed by atoms with E-state index in [0.717, 1.165) is 0 Å². The molecule has 0 aromatic rings. The van der Waals surface area contributed by atoms with Crippen LogP contribution in [0.1, 0.15) is 6.42 Å². The summed E-state index contributed by atoms with van der Waals surface area (Å²) in [5, 5.41) is 0. The summed E-state index contributed by atoms with van der Waals surface area (Å²) in [5.41, 5.74) is 0. The topological polar surface area (TPSA) is 44.8 Å². The van der Waals surface area contributed by atoms with Crippen molar-refractivity contribution in [2.75, 3.05) is 20.3 Å². The van der Waals surface area contributed by atoms with E-state index in [1.54, 1.807) is 0 Å². The van der Waals surface area contributed by atoms with Crippen molar-refractivity contribution >= 4 is 5.78 Å². The van der Waals surface area contributed by atoms with Crippen LogP contribution in [0.4, 0.5) is 0 Å². The van der Waals surface area contributed by atoms with Crippen molar-refractivity contribution in [3.63, 3.8) is 0 Å². The molecule has 2 rings (SSSR count). The quantitative estimate of drug-likeness (QED) is 0.589. The second kappa shape index (κ2) is 3.12. The van der Waals surface area contributed by atoms with Crippen LogP contribution in [0.2, 0.25) is 0 Å². The molecule has 68 valence electrons. The van der Waals surface area contributed by atoms with E-state index >= 15 is 0 Å². The first-order valence-electron chi connectivity index (χ1n) is 4.10. The van der Waals surface area contributed by atoms with E-state index in [0.29, 0.717) is 19.6 Å². The molecule has 0 aromatic heterocycles. The van der Waals surface area contributed by atoms with Gasteiger partial charge in [0.05, 0.1) is 19.3 Å². The number of hydrogen-bond donors (Lipinski definition) is 0. The molecule has 1 saturated heterocycles. The monoisotopic (exact) mass is 172 g/mol. The van der Waals surface area contributed by atoms with Gasteiger partial charge in [0.1, 0.15) is 12.2 Å². The van der Waals surface area contributed by atoms with Crippen molar-refractivity contribution in [1.29, 1.82) is 0 Å². The lowest BCUT2D eigenvalue weighted by atomic mass is 9.90. The van der Waals surface area contributed by atoms with Crippen molar-refractivity contribution in [2.45, 2.75) is 24.7 Å². The fourth-order valence-corrected chi connectivity index (χ4v) is 1.41. The van der Waals surface area contributed by atoms with E-state index in [2.05, 4.69) is 0 Å². The van der Waals surface area contributed by atoms with Gasteiger partial charge < -0.3 is 14.2 Å². The summed E-state index contributed by atoms with van der Waals surface area (Å²) in [4.78, 5) is 10.9. The van der Waals surface area contributed by atoms with Crippen LogP contribution in [0, 0.1) is 0 Å². The highest BCUT2D eigenvalue weighted by Crippen LogP contribution is 2.25. The lowest BCUT2D eigenvalue weighted by Crippen LogP contribution is -2.53. The molecule has 1 aliphatic carbocycles. The van der Waals surface area contributed by atoms with Gasteiger partial charge in [-0.05, 0) is 0 Å². The van der Waals surface area contributed by atoms with Crippen molar-refractivity contribution in [3.05, 3.63) is 0 Å². The molecule has 4 heteroatoms. The summed E-state index contributed by atoms with van der Waals surface area (Å²) in [6, 6.07) is 0. The summed E-state index contributed by atoms with van der Waals surface area (Å²) in [6.07, 6.45) is 0.317. The summed E-state index contributed by atoms with van der Waals surface area (Å²) in [5.74, 6) is 0.141. The second-order valence-electron chi connectivity index (χ2n) is 3.16. The van der Waals surface area contributed by atoms with Crippen LogP contribution in [0.5, 0.6) is 0 Å². The Hall–Kier alpha value is -0.450. The smallest absolute Gasteiger partial charge is 0.166 e. The third kappa shape index (κ3) is 1.26. The first-order chi connectivity index (χ1) is 5.81. The predicted octanol–water partition coefficient (Wildman–Crippen LogP) is -0.242. The molecule has 0 N–H and O–H groups in total. The molecule has 2 atom stereocenters. The van der Waals surface area contributed by atoms with Gasteiger partial charge in [-0.1, -0.05) is 0 Å². The molecule has 2 fully saturated rings. The maximum Gasteiger partial charge on any atom is 0.166 e. The van der Waals surface area contributed by atoms with Gasteiger partial charge in [-0.25, -0.2) is 0 Å². The molecule has 1 heterocycles. The fourth-order valence-electron chi connectivity index (χ4n) is 1.41. The summed E-state index contributed by atoms with van der Waals surface area (Å²) in [6.45, 7) is 1.31. The number of Topliss-reactive ketones (excluding diaryl/α,β-unsaturated/α-hetero) is 1. The SMILES string of the molecule is COC1C(=O)CC1OC1COC1. The highest BCUT2D eigenvalue weighted by atomic mass is 16.6. The van der Waals surface area contributed by atoms with E-state index in [9.17, 15) is 4.79 Å². The van der Waals surface area contributed by atoms with Gasteiger partial charge in [-0.2, -0.15) is 0 Å². The first-order valence-corrected chi connectivity index (χ1v) is 4.10. The number of methoxy groups -OCH3 is 1. The van der Waals surface area contributed by atoms with Crippen LogP contribution in [0.3, 0.4) is 0 Å². The molecule has 0 radical (unpaired) electrons. The molecule has 1 aliphatic heterocycles. The maximum atomic E-state index is 10.9. The highest BCUT2D eigenvalue weighted by Gasteiger charge is 2.43. The van der Waals surface area contributed by atoms with Crippen molar-refractivity contribution in [3.8, 4) is 0 Å². The molecular formula is C8H12O4. The number of carbonyl (C=O) groups excluding carboxylic acids is 1. The Morgan fingerprint density at radius 3 is 2.67 bits per heavy atom. The minimum atomic E-state index is -0.328. The molecule has 4 nitrogen and oxygen atoms in total. The molecule has 0 spiro atoms. The zero-order valence-corrected chi connectivity index (χ0v) is 6.99. The lowest BCUT2D eigenvalue weighted by molar-refractivity contribution is -0.203. The number of hydrogen-bond acceptors (Lipinski definition) is 4. The van der Waals surface area contributed by atoms with Gasteiger partial charge >= 0.3 is 0 Å². The van der Waals surface area contributed by atoms with Crippen LogP contribution < -0.4 is 0 Å². The van der Waals surface area contributed by atoms with Gasteiger partial charge in [0.2, 0.25) is 0 Å². The van der Waals surface area contributed by atoms with Crippen LogP contribution in [-0.4, -0.2) is 44.4 Å². The van der Waals surface area contributed by atoms with E-state index in [1.165, 1.54) is 7.11 Å². The molecule has 2 unspecified atom stereocenters. The van der Waals surface area contributed by atoms with E-state index in [4.69, 9.17) is 14.2 Å². The highest BCUT2D eigenvalue weighted by molar-refractivity contribution is 5.90. The molecule has 1 saturated carbocycles. The van der Waals surface area contributed by atoms with Crippen LogP contribution >= 0.6 is 0 Å². The third-order valence-electron chi connectivity index (χ3n) is 2.29. The van der Waals surface area contributed by atoms with Crippen molar-refractivity contribution in [2.24, 2.45) is 0 Å². The molecule has 2 aliphatic rings.